The van der Waals surface area contributed by atoms with Crippen molar-refractivity contribution in [2.45, 2.75) is 26.3 Å². The van der Waals surface area contributed by atoms with Crippen molar-refractivity contribution < 1.29 is 14.3 Å². The van der Waals surface area contributed by atoms with Crippen LogP contribution in [0.4, 0.5) is 5.69 Å². The van der Waals surface area contributed by atoms with Crippen LogP contribution in [0, 0.1) is 6.92 Å². The van der Waals surface area contributed by atoms with Crippen LogP contribution in [0.3, 0.4) is 0 Å². The third-order valence-corrected chi connectivity index (χ3v) is 6.21. The van der Waals surface area contributed by atoms with Gasteiger partial charge in [-0.25, -0.2) is 0 Å². The van der Waals surface area contributed by atoms with E-state index in [2.05, 4.69) is 29.6 Å². The van der Waals surface area contributed by atoms with Crippen LogP contribution in [0.2, 0.25) is 5.02 Å². The van der Waals surface area contributed by atoms with E-state index < -0.39 is 0 Å². The molecule has 4 rings (SSSR count). The molecule has 0 radical (unpaired) electrons. The first-order chi connectivity index (χ1) is 16.9. The van der Waals surface area contributed by atoms with Gasteiger partial charge in [0.05, 0.1) is 24.8 Å². The number of hydrogen-bond donors (Lipinski definition) is 1. The maximum Gasteiger partial charge on any atom is 0.254 e. The summed E-state index contributed by atoms with van der Waals surface area (Å²) in [6, 6.07) is 20.7. The standard InChI is InChI=1S/C28H27ClN2O4/c1-18-4-6-19(7-5-18)8-9-21-14-20-10-12-23(34-2)16-25(20)31(28(21)33)17-27(32)30-22-11-13-26(35-3)24(29)15-22/h4-7,10-16H,8-9,17H2,1-3H3,(H,30,32). The number of carbonyl (C=O) groups is 1. The summed E-state index contributed by atoms with van der Waals surface area (Å²) in [6.07, 6.45) is 1.30. The number of amides is 1. The van der Waals surface area contributed by atoms with Gasteiger partial charge in [0.25, 0.3) is 5.56 Å². The SMILES string of the molecule is COc1ccc2cc(CCc3ccc(C)cc3)c(=O)n(CC(=O)Nc3ccc(OC)c(Cl)c3)c2c1. The van der Waals surface area contributed by atoms with Crippen molar-refractivity contribution in [2.24, 2.45) is 0 Å². The van der Waals surface area contributed by atoms with Crippen molar-refractivity contribution in [3.05, 3.63) is 98.8 Å². The molecular formula is C28H27ClN2O4. The zero-order chi connectivity index (χ0) is 24.9. The Kier molecular flexibility index (Phi) is 7.42. The molecule has 0 bridgehead atoms. The molecule has 1 heterocycles. The molecular weight excluding hydrogens is 464 g/mol. The van der Waals surface area contributed by atoms with Gasteiger partial charge in [0, 0.05) is 17.3 Å². The third kappa shape index (κ3) is 5.66. The number of aryl methyl sites for hydroxylation is 3. The molecule has 0 spiro atoms. The zero-order valence-corrected chi connectivity index (χ0v) is 20.7. The number of aromatic nitrogens is 1. The van der Waals surface area contributed by atoms with Crippen LogP contribution in [0.5, 0.6) is 11.5 Å². The number of hydrogen-bond acceptors (Lipinski definition) is 4. The molecule has 0 aliphatic carbocycles. The Bertz CT molecular complexity index is 1430. The molecule has 0 saturated carbocycles. The number of anilines is 1. The lowest BCUT2D eigenvalue weighted by atomic mass is 10.0. The van der Waals surface area contributed by atoms with E-state index in [0.717, 1.165) is 17.4 Å². The van der Waals surface area contributed by atoms with Gasteiger partial charge in [0.1, 0.15) is 18.0 Å². The van der Waals surface area contributed by atoms with E-state index in [-0.39, 0.29) is 18.0 Å². The van der Waals surface area contributed by atoms with E-state index >= 15 is 0 Å². The number of methoxy groups -OCH3 is 2. The Morgan fingerprint density at radius 2 is 1.71 bits per heavy atom. The van der Waals surface area contributed by atoms with Crippen molar-refractivity contribution in [3.8, 4) is 11.5 Å². The van der Waals surface area contributed by atoms with Gasteiger partial charge in [0.15, 0.2) is 0 Å². The number of benzene rings is 3. The highest BCUT2D eigenvalue weighted by molar-refractivity contribution is 6.32. The van der Waals surface area contributed by atoms with E-state index in [0.29, 0.717) is 39.7 Å². The normalized spacial score (nSPS) is 10.9. The monoisotopic (exact) mass is 490 g/mol. The molecule has 1 N–H and O–H groups in total. The summed E-state index contributed by atoms with van der Waals surface area (Å²) < 4.78 is 12.0. The van der Waals surface area contributed by atoms with Gasteiger partial charge in [0.2, 0.25) is 5.91 Å². The van der Waals surface area contributed by atoms with Crippen molar-refractivity contribution in [1.82, 2.24) is 4.57 Å². The van der Waals surface area contributed by atoms with Gasteiger partial charge >= 0.3 is 0 Å². The van der Waals surface area contributed by atoms with Crippen molar-refractivity contribution in [3.63, 3.8) is 0 Å². The Hall–Kier alpha value is -3.77. The van der Waals surface area contributed by atoms with Gasteiger partial charge < -0.3 is 14.8 Å². The third-order valence-electron chi connectivity index (χ3n) is 5.92. The highest BCUT2D eigenvalue weighted by atomic mass is 35.5. The number of halogens is 1. The minimum Gasteiger partial charge on any atom is -0.497 e. The van der Waals surface area contributed by atoms with Gasteiger partial charge in [-0.15, -0.1) is 0 Å². The first-order valence-electron chi connectivity index (χ1n) is 11.3. The molecule has 1 aromatic heterocycles. The highest BCUT2D eigenvalue weighted by Crippen LogP contribution is 2.27. The quantitative estimate of drug-likeness (QED) is 0.359. The molecule has 0 atom stereocenters. The minimum absolute atomic E-state index is 0.148. The molecule has 6 nitrogen and oxygen atoms in total. The first kappa shape index (κ1) is 24.4. The predicted octanol–water partition coefficient (Wildman–Crippen LogP) is 5.40. The Labute approximate surface area is 209 Å². The maximum atomic E-state index is 13.5. The molecule has 3 aromatic carbocycles. The Morgan fingerprint density at radius 1 is 0.943 bits per heavy atom. The van der Waals surface area contributed by atoms with Crippen LogP contribution in [-0.4, -0.2) is 24.7 Å². The maximum absolute atomic E-state index is 13.5. The van der Waals surface area contributed by atoms with E-state index in [9.17, 15) is 9.59 Å². The van der Waals surface area contributed by atoms with E-state index in [4.69, 9.17) is 21.1 Å². The number of nitrogens with zero attached hydrogens (tertiary/aromatic N) is 1. The largest absolute Gasteiger partial charge is 0.497 e. The van der Waals surface area contributed by atoms with Crippen molar-refractivity contribution in [2.75, 3.05) is 19.5 Å². The second-order valence-electron chi connectivity index (χ2n) is 8.37. The van der Waals surface area contributed by atoms with Crippen LogP contribution >= 0.6 is 11.6 Å². The summed E-state index contributed by atoms with van der Waals surface area (Å²) in [7, 11) is 3.09. The summed E-state index contributed by atoms with van der Waals surface area (Å²) in [5.74, 6) is 0.786. The predicted molar refractivity (Wildman–Crippen MR) is 140 cm³/mol. The summed E-state index contributed by atoms with van der Waals surface area (Å²) in [4.78, 5) is 26.4. The Morgan fingerprint density at radius 3 is 2.40 bits per heavy atom. The van der Waals surface area contributed by atoms with Gasteiger partial charge in [-0.3, -0.25) is 14.2 Å². The van der Waals surface area contributed by atoms with Crippen LogP contribution in [-0.2, 0) is 24.2 Å². The highest BCUT2D eigenvalue weighted by Gasteiger charge is 2.14. The van der Waals surface area contributed by atoms with Crippen LogP contribution < -0.4 is 20.3 Å². The second-order valence-corrected chi connectivity index (χ2v) is 8.78. The molecule has 35 heavy (non-hydrogen) atoms. The van der Waals surface area contributed by atoms with Crippen molar-refractivity contribution >= 4 is 34.1 Å². The fourth-order valence-corrected chi connectivity index (χ4v) is 4.25. The molecule has 180 valence electrons. The number of carbonyl (C=O) groups excluding carboxylic acids is 1. The van der Waals surface area contributed by atoms with Crippen LogP contribution in [0.15, 0.2) is 71.5 Å². The average Bonchev–Trinajstić information content (AvgIpc) is 2.85. The topological polar surface area (TPSA) is 69.6 Å². The summed E-state index contributed by atoms with van der Waals surface area (Å²) in [6.45, 7) is 1.90. The van der Waals surface area contributed by atoms with Crippen LogP contribution in [0.25, 0.3) is 10.9 Å². The van der Waals surface area contributed by atoms with Gasteiger partial charge in [-0.05, 0) is 67.1 Å². The summed E-state index contributed by atoms with van der Waals surface area (Å²) in [5.41, 5.74) is 3.97. The smallest absolute Gasteiger partial charge is 0.254 e. The summed E-state index contributed by atoms with van der Waals surface area (Å²) in [5, 5.41) is 4.07. The molecule has 0 unspecified atom stereocenters. The molecule has 0 aliphatic rings. The molecule has 0 fully saturated rings. The zero-order valence-electron chi connectivity index (χ0n) is 19.9. The number of nitrogens with one attached hydrogen (secondary N) is 1. The average molecular weight is 491 g/mol. The number of fused-ring (bicyclic) bond motifs is 1. The lowest BCUT2D eigenvalue weighted by Crippen LogP contribution is -2.30. The molecule has 1 amide bonds. The lowest BCUT2D eigenvalue weighted by molar-refractivity contribution is -0.116. The first-order valence-corrected chi connectivity index (χ1v) is 11.6. The Balaban J connectivity index is 1.65. The van der Waals surface area contributed by atoms with E-state index in [1.807, 2.05) is 25.1 Å². The van der Waals surface area contributed by atoms with Crippen molar-refractivity contribution in [1.29, 1.82) is 0 Å². The fraction of sp³-hybridized carbons (Fsp3) is 0.214. The van der Waals surface area contributed by atoms with E-state index in [1.54, 1.807) is 31.4 Å². The number of rotatable bonds is 8. The van der Waals surface area contributed by atoms with E-state index in [1.165, 1.54) is 17.2 Å². The number of ether oxygens (including phenoxy) is 2. The van der Waals surface area contributed by atoms with Gasteiger partial charge in [-0.2, -0.15) is 0 Å². The molecule has 0 saturated heterocycles. The second kappa shape index (κ2) is 10.7. The molecule has 7 heteroatoms. The lowest BCUT2D eigenvalue weighted by Gasteiger charge is -2.15. The molecule has 4 aromatic rings. The summed E-state index contributed by atoms with van der Waals surface area (Å²) >= 11 is 6.18. The van der Waals surface area contributed by atoms with Gasteiger partial charge in [-0.1, -0.05) is 41.4 Å². The van der Waals surface area contributed by atoms with Crippen LogP contribution in [0.1, 0.15) is 16.7 Å². The minimum atomic E-state index is -0.340. The number of pyridine rings is 1. The molecule has 0 aliphatic heterocycles. The fourth-order valence-electron chi connectivity index (χ4n) is 4.00.